The van der Waals surface area contributed by atoms with Gasteiger partial charge in [-0.1, -0.05) is 6.92 Å². The first-order chi connectivity index (χ1) is 6.95. The Morgan fingerprint density at radius 2 is 1.73 bits per heavy atom. The minimum Gasteiger partial charge on any atom is -0.396 e. The van der Waals surface area contributed by atoms with Crippen molar-refractivity contribution < 1.29 is 20.1 Å². The van der Waals surface area contributed by atoms with Crippen molar-refractivity contribution in [3.05, 3.63) is 0 Å². The molecule has 1 saturated heterocycles. The molecule has 0 saturated carbocycles. The van der Waals surface area contributed by atoms with Gasteiger partial charge in [0.1, 0.15) is 0 Å². The third-order valence-electron chi connectivity index (χ3n) is 2.30. The van der Waals surface area contributed by atoms with E-state index in [1.165, 1.54) is 0 Å². The molecule has 1 rings (SSSR count). The van der Waals surface area contributed by atoms with Gasteiger partial charge in [-0.15, -0.1) is 11.8 Å². The van der Waals surface area contributed by atoms with Gasteiger partial charge in [0.05, 0.1) is 30.7 Å². The Morgan fingerprint density at radius 3 is 1.73 bits per heavy atom. The molecule has 3 N–H and O–H groups in total. The summed E-state index contributed by atoms with van der Waals surface area (Å²) in [6.45, 7) is 7.11. The Bertz CT molecular complexity index is 138. The van der Waals surface area contributed by atoms with Gasteiger partial charge in [-0.3, -0.25) is 0 Å². The molecule has 0 amide bonds. The van der Waals surface area contributed by atoms with E-state index in [1.807, 2.05) is 0 Å². The highest BCUT2D eigenvalue weighted by Crippen LogP contribution is 2.29. The lowest BCUT2D eigenvalue weighted by Gasteiger charge is -2.38. The van der Waals surface area contributed by atoms with Crippen LogP contribution in [0.5, 0.6) is 0 Å². The number of thioether (sulfide) groups is 1. The number of hydrogen-bond donors (Lipinski definition) is 3. The molecule has 2 unspecified atom stereocenters. The Hall–Kier alpha value is 0.190. The monoisotopic (exact) mass is 238 g/mol. The smallest absolute Gasteiger partial charge is 0.0989 e. The fraction of sp³-hybridized carbons (Fsp3) is 1.00. The molecule has 0 bridgehead atoms. The lowest BCUT2D eigenvalue weighted by Crippen LogP contribution is -2.44. The van der Waals surface area contributed by atoms with E-state index in [1.54, 1.807) is 13.8 Å². The number of ether oxygens (including phenoxy) is 1. The lowest BCUT2D eigenvalue weighted by atomic mass is 9.84. The van der Waals surface area contributed by atoms with Crippen LogP contribution in [-0.4, -0.2) is 46.0 Å². The predicted octanol–water partition coefficient (Wildman–Crippen LogP) is 0.801. The van der Waals surface area contributed by atoms with Crippen LogP contribution in [0, 0.1) is 5.41 Å². The normalized spacial score (nSPS) is 22.0. The summed E-state index contributed by atoms with van der Waals surface area (Å²) >= 11 is 1.12. The van der Waals surface area contributed by atoms with Crippen LogP contribution in [0.1, 0.15) is 27.2 Å². The van der Waals surface area contributed by atoms with Crippen LogP contribution in [-0.2, 0) is 4.74 Å². The van der Waals surface area contributed by atoms with Gasteiger partial charge in [-0.05, 0) is 20.3 Å². The quantitative estimate of drug-likeness (QED) is 0.632. The average molecular weight is 238 g/mol. The maximum atomic E-state index is 8.76. The first-order valence-corrected chi connectivity index (χ1v) is 6.10. The molecule has 0 aromatic heterocycles. The van der Waals surface area contributed by atoms with Gasteiger partial charge in [0.25, 0.3) is 0 Å². The molecule has 0 aromatic rings. The van der Waals surface area contributed by atoms with Gasteiger partial charge in [0.2, 0.25) is 0 Å². The van der Waals surface area contributed by atoms with Crippen molar-refractivity contribution in [3.8, 4) is 0 Å². The number of hydrogen-bond acceptors (Lipinski definition) is 5. The predicted molar refractivity (Wildman–Crippen MR) is 61.6 cm³/mol. The molecule has 1 fully saturated rings. The summed E-state index contributed by atoms with van der Waals surface area (Å²) in [6, 6.07) is 0. The Labute approximate surface area is 95.6 Å². The van der Waals surface area contributed by atoms with Gasteiger partial charge in [-0.25, -0.2) is 0 Å². The molecule has 5 heteroatoms. The highest BCUT2D eigenvalue weighted by atomic mass is 32.2. The molecule has 2 atom stereocenters. The van der Waals surface area contributed by atoms with E-state index in [4.69, 9.17) is 20.1 Å². The molecular formula is C10H22O4S. The van der Waals surface area contributed by atoms with Gasteiger partial charge >= 0.3 is 0 Å². The summed E-state index contributed by atoms with van der Waals surface area (Å²) in [5.74, 6) is 0. The van der Waals surface area contributed by atoms with Crippen molar-refractivity contribution >= 4 is 11.8 Å². The Kier molecular flexibility index (Phi) is 7.56. The van der Waals surface area contributed by atoms with Gasteiger partial charge in [-0.2, -0.15) is 0 Å². The van der Waals surface area contributed by atoms with Crippen molar-refractivity contribution in [2.45, 2.75) is 38.1 Å². The molecule has 1 heterocycles. The molecular weight excluding hydrogens is 216 g/mol. The van der Waals surface area contributed by atoms with Crippen LogP contribution in [0.25, 0.3) is 0 Å². The molecule has 0 spiro atoms. The standard InChI is InChI=1S/C6H12O2.C4H10O2S/c1-2-6(3-7)4-8-5-6;1-3(5)7-4(2)6/h7H,2-5H2,1H3;3-6H,1-2H3. The van der Waals surface area contributed by atoms with E-state index in [9.17, 15) is 0 Å². The van der Waals surface area contributed by atoms with E-state index in [-0.39, 0.29) is 12.0 Å². The molecule has 0 radical (unpaired) electrons. The number of aliphatic hydroxyl groups excluding tert-OH is 3. The van der Waals surface area contributed by atoms with Crippen molar-refractivity contribution in [2.75, 3.05) is 19.8 Å². The topological polar surface area (TPSA) is 69.9 Å². The minimum atomic E-state index is -0.458. The summed E-state index contributed by atoms with van der Waals surface area (Å²) in [5, 5.41) is 25.8. The van der Waals surface area contributed by atoms with Crippen LogP contribution in [0.2, 0.25) is 0 Å². The van der Waals surface area contributed by atoms with Crippen molar-refractivity contribution in [1.82, 2.24) is 0 Å². The number of aliphatic hydroxyl groups is 3. The van der Waals surface area contributed by atoms with Crippen molar-refractivity contribution in [3.63, 3.8) is 0 Å². The maximum absolute atomic E-state index is 8.76. The first kappa shape index (κ1) is 15.2. The molecule has 1 aliphatic rings. The second kappa shape index (κ2) is 7.46. The second-order valence-corrected chi connectivity index (χ2v) is 5.48. The molecule has 0 aromatic carbocycles. The third-order valence-corrected chi connectivity index (χ3v) is 3.08. The summed E-state index contributed by atoms with van der Waals surface area (Å²) < 4.78 is 4.96. The summed E-state index contributed by atoms with van der Waals surface area (Å²) in [4.78, 5) is 0. The summed E-state index contributed by atoms with van der Waals surface area (Å²) in [6.07, 6.45) is 1.03. The minimum absolute atomic E-state index is 0.139. The highest BCUT2D eigenvalue weighted by Gasteiger charge is 2.35. The van der Waals surface area contributed by atoms with Gasteiger partial charge in [0.15, 0.2) is 0 Å². The second-order valence-electron chi connectivity index (χ2n) is 3.84. The first-order valence-electron chi connectivity index (χ1n) is 5.16. The number of rotatable bonds is 4. The van der Waals surface area contributed by atoms with Crippen LogP contribution < -0.4 is 0 Å². The maximum Gasteiger partial charge on any atom is 0.0989 e. The third kappa shape index (κ3) is 6.37. The molecule has 4 nitrogen and oxygen atoms in total. The van der Waals surface area contributed by atoms with Gasteiger partial charge < -0.3 is 20.1 Å². The summed E-state index contributed by atoms with van der Waals surface area (Å²) in [7, 11) is 0. The molecule has 15 heavy (non-hydrogen) atoms. The van der Waals surface area contributed by atoms with Crippen molar-refractivity contribution in [1.29, 1.82) is 0 Å². The molecule has 0 aliphatic carbocycles. The highest BCUT2D eigenvalue weighted by molar-refractivity contribution is 8.00. The molecule has 1 aliphatic heterocycles. The van der Waals surface area contributed by atoms with Gasteiger partial charge in [0, 0.05) is 5.41 Å². The van der Waals surface area contributed by atoms with Crippen LogP contribution in [0.4, 0.5) is 0 Å². The van der Waals surface area contributed by atoms with E-state index < -0.39 is 10.9 Å². The van der Waals surface area contributed by atoms with Crippen LogP contribution >= 0.6 is 11.8 Å². The summed E-state index contributed by atoms with van der Waals surface area (Å²) in [5.41, 5.74) is -0.778. The van der Waals surface area contributed by atoms with Crippen molar-refractivity contribution in [2.24, 2.45) is 5.41 Å². The fourth-order valence-electron chi connectivity index (χ4n) is 1.08. The molecule has 92 valence electrons. The van der Waals surface area contributed by atoms with E-state index in [0.29, 0.717) is 0 Å². The fourth-order valence-corrected chi connectivity index (χ4v) is 1.65. The lowest BCUT2D eigenvalue weighted by molar-refractivity contribution is -0.138. The van der Waals surface area contributed by atoms with E-state index >= 15 is 0 Å². The van der Waals surface area contributed by atoms with E-state index in [2.05, 4.69) is 6.92 Å². The largest absolute Gasteiger partial charge is 0.396 e. The Morgan fingerprint density at radius 1 is 1.27 bits per heavy atom. The SMILES string of the molecule is CC(O)SC(C)O.CCC1(CO)COC1. The Balaban J connectivity index is 0.000000265. The zero-order valence-corrected chi connectivity index (χ0v) is 10.5. The zero-order valence-electron chi connectivity index (χ0n) is 9.64. The van der Waals surface area contributed by atoms with E-state index in [0.717, 1.165) is 31.4 Å². The van der Waals surface area contributed by atoms with Crippen LogP contribution in [0.3, 0.4) is 0 Å². The average Bonchev–Trinajstić information content (AvgIpc) is 2.02. The van der Waals surface area contributed by atoms with Crippen LogP contribution in [0.15, 0.2) is 0 Å². The zero-order chi connectivity index (χ0) is 11.9.